The third kappa shape index (κ3) is 2.87. The number of Topliss-reactive ketones (excluding diaryl/α,β-unsaturated/α-hetero) is 1. The van der Waals surface area contributed by atoms with Gasteiger partial charge in [0.05, 0.1) is 0 Å². The highest BCUT2D eigenvalue weighted by Crippen LogP contribution is 2.40. The highest BCUT2D eigenvalue weighted by molar-refractivity contribution is 5.95. The number of amides is 1. The van der Waals surface area contributed by atoms with Gasteiger partial charge in [-0.1, -0.05) is 12.5 Å². The fourth-order valence-electron chi connectivity index (χ4n) is 3.76. The smallest absolute Gasteiger partial charge is 0.227 e. The van der Waals surface area contributed by atoms with Crippen LogP contribution in [0.5, 0.6) is 0 Å². The first kappa shape index (κ1) is 14.3. The van der Waals surface area contributed by atoms with E-state index < -0.39 is 0 Å². The minimum atomic E-state index is -0.000362. The topological polar surface area (TPSA) is 46.2 Å². The van der Waals surface area contributed by atoms with Gasteiger partial charge in [0.25, 0.3) is 0 Å². The molecule has 0 heterocycles. The predicted octanol–water partition coefficient (Wildman–Crippen LogP) is 3.64. The van der Waals surface area contributed by atoms with Crippen molar-refractivity contribution in [2.75, 3.05) is 5.32 Å². The van der Waals surface area contributed by atoms with Crippen LogP contribution in [-0.4, -0.2) is 11.7 Å². The molecule has 0 aromatic heterocycles. The molecule has 1 amide bonds. The summed E-state index contributed by atoms with van der Waals surface area (Å²) < 4.78 is 0. The number of carbonyl (C=O) groups is 2. The standard InChI is InChI=1S/C18H23NO2/c1-11-6-7-16(8-12(11)2)19-18(21)15-9-13-4-3-5-14(10-15)17(13)20/h6-8,13-15H,3-5,9-10H2,1-2H3,(H,19,21). The second kappa shape index (κ2) is 5.63. The largest absolute Gasteiger partial charge is 0.326 e. The number of anilines is 1. The van der Waals surface area contributed by atoms with E-state index in [1.165, 1.54) is 11.1 Å². The molecular formula is C18H23NO2. The molecule has 2 atom stereocenters. The maximum Gasteiger partial charge on any atom is 0.227 e. The van der Waals surface area contributed by atoms with Crippen LogP contribution in [0, 0.1) is 31.6 Å². The number of benzene rings is 1. The van der Waals surface area contributed by atoms with Crippen LogP contribution < -0.4 is 5.32 Å². The van der Waals surface area contributed by atoms with E-state index in [1.807, 2.05) is 18.2 Å². The maximum absolute atomic E-state index is 12.5. The zero-order chi connectivity index (χ0) is 15.0. The molecule has 2 aliphatic carbocycles. The van der Waals surface area contributed by atoms with Gasteiger partial charge in [0.2, 0.25) is 5.91 Å². The Bertz CT molecular complexity index is 563. The van der Waals surface area contributed by atoms with Crippen LogP contribution in [0.4, 0.5) is 5.69 Å². The Kier molecular flexibility index (Phi) is 3.83. The summed E-state index contributed by atoms with van der Waals surface area (Å²) in [7, 11) is 0. The molecule has 2 aliphatic rings. The van der Waals surface area contributed by atoms with Crippen molar-refractivity contribution in [3.63, 3.8) is 0 Å². The van der Waals surface area contributed by atoms with E-state index in [0.29, 0.717) is 5.78 Å². The highest BCUT2D eigenvalue weighted by atomic mass is 16.2. The van der Waals surface area contributed by atoms with Gasteiger partial charge >= 0.3 is 0 Å². The maximum atomic E-state index is 12.5. The van der Waals surface area contributed by atoms with Gasteiger partial charge in [-0.15, -0.1) is 0 Å². The van der Waals surface area contributed by atoms with Gasteiger partial charge in [0, 0.05) is 23.4 Å². The fourth-order valence-corrected chi connectivity index (χ4v) is 3.76. The number of aryl methyl sites for hydroxylation is 2. The van der Waals surface area contributed by atoms with Crippen molar-refractivity contribution in [2.45, 2.75) is 46.0 Å². The fraction of sp³-hybridized carbons (Fsp3) is 0.556. The van der Waals surface area contributed by atoms with Gasteiger partial charge in [0.15, 0.2) is 0 Å². The quantitative estimate of drug-likeness (QED) is 0.901. The van der Waals surface area contributed by atoms with Crippen LogP contribution in [0.1, 0.15) is 43.2 Å². The average Bonchev–Trinajstić information content (AvgIpc) is 2.42. The predicted molar refractivity (Wildman–Crippen MR) is 83.1 cm³/mol. The van der Waals surface area contributed by atoms with Crippen molar-refractivity contribution < 1.29 is 9.59 Å². The monoisotopic (exact) mass is 285 g/mol. The Hall–Kier alpha value is -1.64. The van der Waals surface area contributed by atoms with Gasteiger partial charge < -0.3 is 5.32 Å². The summed E-state index contributed by atoms with van der Waals surface area (Å²) in [5.74, 6) is 0.764. The molecule has 3 rings (SSSR count). The number of nitrogens with one attached hydrogen (secondary N) is 1. The van der Waals surface area contributed by atoms with E-state index in [1.54, 1.807) is 0 Å². The van der Waals surface area contributed by atoms with Gasteiger partial charge in [-0.25, -0.2) is 0 Å². The van der Waals surface area contributed by atoms with E-state index in [-0.39, 0.29) is 23.7 Å². The molecular weight excluding hydrogens is 262 g/mol. The molecule has 2 unspecified atom stereocenters. The van der Waals surface area contributed by atoms with Crippen molar-refractivity contribution in [3.8, 4) is 0 Å². The lowest BCUT2D eigenvalue weighted by Crippen LogP contribution is -2.40. The lowest BCUT2D eigenvalue weighted by molar-refractivity contribution is -0.136. The average molecular weight is 285 g/mol. The molecule has 0 aliphatic heterocycles. The van der Waals surface area contributed by atoms with Crippen molar-refractivity contribution in [1.29, 1.82) is 0 Å². The van der Waals surface area contributed by atoms with Crippen molar-refractivity contribution in [2.24, 2.45) is 17.8 Å². The number of ketones is 1. The second-order valence-electron chi connectivity index (χ2n) is 6.68. The molecule has 0 saturated heterocycles. The Morgan fingerprint density at radius 1 is 1.10 bits per heavy atom. The molecule has 2 saturated carbocycles. The molecule has 21 heavy (non-hydrogen) atoms. The molecule has 3 heteroatoms. The van der Waals surface area contributed by atoms with E-state index in [9.17, 15) is 9.59 Å². The summed E-state index contributed by atoms with van der Waals surface area (Å²) in [5, 5.41) is 3.03. The van der Waals surface area contributed by atoms with E-state index in [2.05, 4.69) is 19.2 Å². The normalized spacial score (nSPS) is 28.3. The first-order chi connectivity index (χ1) is 10.0. The first-order valence-electron chi connectivity index (χ1n) is 7.96. The van der Waals surface area contributed by atoms with Gasteiger partial charge in [-0.3, -0.25) is 9.59 Å². The molecule has 2 bridgehead atoms. The molecule has 1 N–H and O–H groups in total. The molecule has 1 aromatic rings. The van der Waals surface area contributed by atoms with Gasteiger partial charge in [0.1, 0.15) is 5.78 Å². The van der Waals surface area contributed by atoms with Gasteiger partial charge in [-0.2, -0.15) is 0 Å². The Morgan fingerprint density at radius 3 is 2.38 bits per heavy atom. The molecule has 0 radical (unpaired) electrons. The van der Waals surface area contributed by atoms with E-state index in [4.69, 9.17) is 0 Å². The third-order valence-corrected chi connectivity index (χ3v) is 5.19. The third-order valence-electron chi connectivity index (χ3n) is 5.19. The first-order valence-corrected chi connectivity index (χ1v) is 7.96. The number of rotatable bonds is 2. The highest BCUT2D eigenvalue weighted by Gasteiger charge is 2.41. The van der Waals surface area contributed by atoms with E-state index >= 15 is 0 Å². The van der Waals surface area contributed by atoms with Crippen LogP contribution in [0.2, 0.25) is 0 Å². The van der Waals surface area contributed by atoms with Crippen LogP contribution >= 0.6 is 0 Å². The van der Waals surface area contributed by atoms with E-state index in [0.717, 1.165) is 37.8 Å². The van der Waals surface area contributed by atoms with Crippen molar-refractivity contribution >= 4 is 17.4 Å². The summed E-state index contributed by atoms with van der Waals surface area (Å²) >= 11 is 0. The number of hydrogen-bond donors (Lipinski definition) is 1. The van der Waals surface area contributed by atoms with Crippen LogP contribution in [0.3, 0.4) is 0 Å². The van der Waals surface area contributed by atoms with Crippen molar-refractivity contribution in [1.82, 2.24) is 0 Å². The summed E-state index contributed by atoms with van der Waals surface area (Å²) in [6, 6.07) is 6.00. The summed E-state index contributed by atoms with van der Waals surface area (Å²) in [4.78, 5) is 24.6. The number of carbonyl (C=O) groups excluding carboxylic acids is 2. The summed E-state index contributed by atoms with van der Waals surface area (Å²) in [5.41, 5.74) is 3.28. The van der Waals surface area contributed by atoms with Crippen molar-refractivity contribution in [3.05, 3.63) is 29.3 Å². The van der Waals surface area contributed by atoms with Gasteiger partial charge in [-0.05, 0) is 62.8 Å². The minimum Gasteiger partial charge on any atom is -0.326 e. The van der Waals surface area contributed by atoms with Crippen LogP contribution in [0.25, 0.3) is 0 Å². The Labute approximate surface area is 126 Å². The SMILES string of the molecule is Cc1ccc(NC(=O)C2CC3CCCC(C2)C3=O)cc1C. The molecule has 0 spiro atoms. The number of hydrogen-bond acceptors (Lipinski definition) is 2. The number of fused-ring (bicyclic) bond motifs is 2. The van der Waals surface area contributed by atoms with Crippen LogP contribution in [0.15, 0.2) is 18.2 Å². The Balaban J connectivity index is 1.68. The zero-order valence-corrected chi connectivity index (χ0v) is 12.8. The molecule has 3 nitrogen and oxygen atoms in total. The summed E-state index contributed by atoms with van der Waals surface area (Å²) in [6.45, 7) is 4.11. The Morgan fingerprint density at radius 2 is 1.76 bits per heavy atom. The molecule has 112 valence electrons. The zero-order valence-electron chi connectivity index (χ0n) is 12.8. The lowest BCUT2D eigenvalue weighted by atomic mass is 9.67. The molecule has 2 fully saturated rings. The minimum absolute atomic E-state index is 0.000362. The summed E-state index contributed by atoms with van der Waals surface area (Å²) in [6.07, 6.45) is 4.58. The molecule has 1 aromatic carbocycles. The lowest BCUT2D eigenvalue weighted by Gasteiger charge is -2.36. The second-order valence-corrected chi connectivity index (χ2v) is 6.68. The van der Waals surface area contributed by atoms with Crippen LogP contribution in [-0.2, 0) is 9.59 Å².